The van der Waals surface area contributed by atoms with Gasteiger partial charge in [-0.2, -0.15) is 9.78 Å². The molecule has 0 aromatic carbocycles. The van der Waals surface area contributed by atoms with Gasteiger partial charge in [0.25, 0.3) is 5.56 Å². The summed E-state index contributed by atoms with van der Waals surface area (Å²) in [5, 5.41) is 7.47. The largest absolute Gasteiger partial charge is 0.463 e. The Kier molecular flexibility index (Phi) is 5.83. The van der Waals surface area contributed by atoms with Crippen LogP contribution in [-0.4, -0.2) is 25.7 Å². The van der Waals surface area contributed by atoms with Gasteiger partial charge in [0.05, 0.1) is 6.26 Å². The number of furan rings is 1. The summed E-state index contributed by atoms with van der Waals surface area (Å²) < 4.78 is 6.90. The Morgan fingerprint density at radius 2 is 2.17 bits per heavy atom. The molecule has 158 valence electrons. The summed E-state index contributed by atoms with van der Waals surface area (Å²) in [7, 11) is 0. The molecule has 0 unspecified atom stereocenters. The van der Waals surface area contributed by atoms with Crippen LogP contribution in [-0.2, 0) is 11.2 Å². The average Bonchev–Trinajstić information content (AvgIpc) is 3.47. The van der Waals surface area contributed by atoms with Gasteiger partial charge in [0.1, 0.15) is 11.5 Å². The van der Waals surface area contributed by atoms with Crippen LogP contribution >= 0.6 is 0 Å². The van der Waals surface area contributed by atoms with E-state index in [9.17, 15) is 9.59 Å². The molecular formula is C22H27N5O3. The van der Waals surface area contributed by atoms with E-state index in [4.69, 9.17) is 4.42 Å². The van der Waals surface area contributed by atoms with Gasteiger partial charge in [-0.25, -0.2) is 4.98 Å². The van der Waals surface area contributed by atoms with Crippen molar-refractivity contribution in [3.8, 4) is 17.4 Å². The molecule has 4 rings (SSSR count). The number of rotatable bonds is 7. The molecule has 1 aliphatic rings. The second-order valence-corrected chi connectivity index (χ2v) is 7.85. The fraction of sp³-hybridized carbons (Fsp3) is 0.455. The highest BCUT2D eigenvalue weighted by Gasteiger charge is 2.20. The lowest BCUT2D eigenvalue weighted by atomic mass is 10.0. The van der Waals surface area contributed by atoms with Crippen molar-refractivity contribution in [1.82, 2.24) is 19.7 Å². The van der Waals surface area contributed by atoms with E-state index < -0.39 is 0 Å². The van der Waals surface area contributed by atoms with Gasteiger partial charge in [-0.3, -0.25) is 14.6 Å². The molecular weight excluding hydrogens is 382 g/mol. The van der Waals surface area contributed by atoms with Crippen LogP contribution in [0, 0.1) is 12.8 Å². The molecule has 3 aromatic heterocycles. The van der Waals surface area contributed by atoms with E-state index in [0.717, 1.165) is 6.42 Å². The van der Waals surface area contributed by atoms with Crippen LogP contribution in [0.3, 0.4) is 0 Å². The first-order chi connectivity index (χ1) is 14.5. The first kappa shape index (κ1) is 20.1. The lowest BCUT2D eigenvalue weighted by molar-refractivity contribution is -0.116. The smallest absolute Gasteiger partial charge is 0.255 e. The Bertz CT molecular complexity index is 1070. The summed E-state index contributed by atoms with van der Waals surface area (Å²) in [6.45, 7) is 3.71. The van der Waals surface area contributed by atoms with Crippen molar-refractivity contribution < 1.29 is 9.21 Å². The van der Waals surface area contributed by atoms with Crippen molar-refractivity contribution in [2.45, 2.75) is 58.8 Å². The van der Waals surface area contributed by atoms with Crippen molar-refractivity contribution >= 4 is 11.7 Å². The number of nitrogens with one attached hydrogen (secondary N) is 2. The highest BCUT2D eigenvalue weighted by atomic mass is 16.3. The van der Waals surface area contributed by atoms with Crippen molar-refractivity contribution in [2.75, 3.05) is 5.32 Å². The Balaban J connectivity index is 1.63. The Hall–Kier alpha value is -3.16. The quantitative estimate of drug-likeness (QED) is 0.614. The molecule has 0 radical (unpaired) electrons. The molecule has 3 aromatic rings. The topological polar surface area (TPSA) is 106 Å². The van der Waals surface area contributed by atoms with E-state index in [-0.39, 0.29) is 17.4 Å². The van der Waals surface area contributed by atoms with E-state index >= 15 is 0 Å². The van der Waals surface area contributed by atoms with Crippen LogP contribution in [0.5, 0.6) is 0 Å². The van der Waals surface area contributed by atoms with Crippen LogP contribution in [0.2, 0.25) is 0 Å². The molecule has 0 bridgehead atoms. The van der Waals surface area contributed by atoms with Crippen molar-refractivity contribution in [1.29, 1.82) is 0 Å². The van der Waals surface area contributed by atoms with Crippen LogP contribution in [0.25, 0.3) is 17.4 Å². The standard InChI is InChI=1S/C22H27N5O3/c1-3-16-14(2)23-22(25-21(16)29)27-19(13-17(26-27)18-9-6-12-30-18)24-20(28)11-10-15-7-4-5-8-15/h6,9,12-13,15H,3-5,7-8,10-11H2,1-2H3,(H,24,28)(H,23,25,29). The number of hydrogen-bond acceptors (Lipinski definition) is 5. The zero-order valence-corrected chi connectivity index (χ0v) is 17.4. The molecule has 1 aliphatic carbocycles. The zero-order valence-electron chi connectivity index (χ0n) is 17.4. The van der Waals surface area contributed by atoms with E-state index in [1.807, 2.05) is 6.92 Å². The number of H-pyrrole nitrogens is 1. The minimum absolute atomic E-state index is 0.0710. The Morgan fingerprint density at radius 3 is 2.83 bits per heavy atom. The molecule has 30 heavy (non-hydrogen) atoms. The molecule has 8 heteroatoms. The zero-order chi connectivity index (χ0) is 21.1. The van der Waals surface area contributed by atoms with Crippen LogP contribution in [0.15, 0.2) is 33.7 Å². The summed E-state index contributed by atoms with van der Waals surface area (Å²) in [6.07, 6.45) is 8.46. The normalized spacial score (nSPS) is 14.3. The van der Waals surface area contributed by atoms with E-state index in [1.165, 1.54) is 30.4 Å². The van der Waals surface area contributed by atoms with Gasteiger partial charge in [-0.1, -0.05) is 32.6 Å². The number of carbonyl (C=O) groups excluding carboxylic acids is 1. The van der Waals surface area contributed by atoms with Gasteiger partial charge in [-0.15, -0.1) is 0 Å². The second-order valence-electron chi connectivity index (χ2n) is 7.85. The number of nitrogens with zero attached hydrogens (tertiary/aromatic N) is 3. The third-order valence-corrected chi connectivity index (χ3v) is 5.77. The van der Waals surface area contributed by atoms with Gasteiger partial charge >= 0.3 is 0 Å². The third-order valence-electron chi connectivity index (χ3n) is 5.77. The molecule has 0 spiro atoms. The highest BCUT2D eigenvalue weighted by Crippen LogP contribution is 2.29. The SMILES string of the molecule is CCc1c(C)nc(-n2nc(-c3ccco3)cc2NC(=O)CCC2CCCC2)[nH]c1=O. The predicted octanol–water partition coefficient (Wildman–Crippen LogP) is 4.00. The number of aromatic nitrogens is 4. The molecule has 1 saturated carbocycles. The minimum atomic E-state index is -0.200. The number of aromatic amines is 1. The molecule has 0 saturated heterocycles. The van der Waals surface area contributed by atoms with Crippen molar-refractivity contribution in [3.63, 3.8) is 0 Å². The lowest BCUT2D eigenvalue weighted by Gasteiger charge is -2.11. The molecule has 0 atom stereocenters. The van der Waals surface area contributed by atoms with Gasteiger partial charge in [0.2, 0.25) is 11.9 Å². The molecule has 1 fully saturated rings. The fourth-order valence-corrected chi connectivity index (χ4v) is 4.13. The summed E-state index contributed by atoms with van der Waals surface area (Å²) in [6, 6.07) is 5.30. The number of carbonyl (C=O) groups is 1. The third kappa shape index (κ3) is 4.22. The van der Waals surface area contributed by atoms with Crippen molar-refractivity contribution in [2.24, 2.45) is 5.92 Å². The molecule has 1 amide bonds. The van der Waals surface area contributed by atoms with Crippen LogP contribution in [0.1, 0.15) is 56.7 Å². The Labute approximate surface area is 174 Å². The summed E-state index contributed by atoms with van der Waals surface area (Å²) in [5.41, 5.74) is 1.63. The van der Waals surface area contributed by atoms with Gasteiger partial charge in [0.15, 0.2) is 5.76 Å². The van der Waals surface area contributed by atoms with Crippen LogP contribution in [0.4, 0.5) is 5.82 Å². The number of hydrogen-bond donors (Lipinski definition) is 2. The summed E-state index contributed by atoms with van der Waals surface area (Å²) in [4.78, 5) is 32.4. The molecule has 2 N–H and O–H groups in total. The van der Waals surface area contributed by atoms with Gasteiger partial charge in [0, 0.05) is 23.7 Å². The van der Waals surface area contributed by atoms with Crippen molar-refractivity contribution in [3.05, 3.63) is 46.1 Å². The van der Waals surface area contributed by atoms with Crippen LogP contribution < -0.4 is 10.9 Å². The maximum Gasteiger partial charge on any atom is 0.255 e. The number of amides is 1. The maximum absolute atomic E-state index is 12.6. The van der Waals surface area contributed by atoms with E-state index in [2.05, 4.69) is 20.4 Å². The predicted molar refractivity (Wildman–Crippen MR) is 114 cm³/mol. The maximum atomic E-state index is 12.6. The van der Waals surface area contributed by atoms with Gasteiger partial charge in [-0.05, 0) is 37.8 Å². The lowest BCUT2D eigenvalue weighted by Crippen LogP contribution is -2.22. The number of anilines is 1. The van der Waals surface area contributed by atoms with Gasteiger partial charge < -0.3 is 9.73 Å². The summed E-state index contributed by atoms with van der Waals surface area (Å²) >= 11 is 0. The summed E-state index contributed by atoms with van der Waals surface area (Å²) in [5.74, 6) is 1.85. The monoisotopic (exact) mass is 409 g/mol. The van der Waals surface area contributed by atoms with E-state index in [0.29, 0.717) is 47.3 Å². The average molecular weight is 409 g/mol. The first-order valence-corrected chi connectivity index (χ1v) is 10.6. The highest BCUT2D eigenvalue weighted by molar-refractivity contribution is 5.90. The second kappa shape index (κ2) is 8.69. The fourth-order valence-electron chi connectivity index (χ4n) is 4.13. The molecule has 0 aliphatic heterocycles. The molecule has 8 nitrogen and oxygen atoms in total. The minimum Gasteiger partial charge on any atom is -0.463 e. The number of aryl methyl sites for hydroxylation is 1. The van der Waals surface area contributed by atoms with E-state index in [1.54, 1.807) is 31.4 Å². The molecule has 3 heterocycles. The first-order valence-electron chi connectivity index (χ1n) is 10.6. The Morgan fingerprint density at radius 1 is 1.37 bits per heavy atom.